The molecule has 0 bridgehead atoms. The molecule has 24 heavy (non-hydrogen) atoms. The summed E-state index contributed by atoms with van der Waals surface area (Å²) in [6, 6.07) is 9.34. The van der Waals surface area contributed by atoms with Gasteiger partial charge in [-0.25, -0.2) is 0 Å². The van der Waals surface area contributed by atoms with Crippen LogP contribution in [-0.4, -0.2) is 27.3 Å². The number of nitrogens with one attached hydrogen (secondary N) is 1. The molecular weight excluding hydrogens is 306 g/mol. The van der Waals surface area contributed by atoms with E-state index in [1.807, 2.05) is 31.2 Å². The summed E-state index contributed by atoms with van der Waals surface area (Å²) in [4.78, 5) is 12.4. The maximum absolute atomic E-state index is 12.4. The molecule has 6 nitrogen and oxygen atoms in total. The summed E-state index contributed by atoms with van der Waals surface area (Å²) in [6.45, 7) is 5.29. The normalized spacial score (nSPS) is 13.9. The van der Waals surface area contributed by atoms with E-state index < -0.39 is 5.60 Å². The summed E-state index contributed by atoms with van der Waals surface area (Å²) in [5.74, 6) is 0.165. The van der Waals surface area contributed by atoms with Gasteiger partial charge in [-0.15, -0.1) is 0 Å². The molecule has 0 aliphatic heterocycles. The van der Waals surface area contributed by atoms with Crippen molar-refractivity contribution in [2.24, 2.45) is 7.05 Å². The molecule has 3 rings (SSSR count). The average Bonchev–Trinajstić information content (AvgIpc) is 3.07. The molecule has 2 N–H and O–H groups in total. The van der Waals surface area contributed by atoms with E-state index in [1.54, 1.807) is 31.6 Å². The summed E-state index contributed by atoms with van der Waals surface area (Å²) >= 11 is 0. The summed E-state index contributed by atoms with van der Waals surface area (Å²) in [6.07, 6.45) is 0. The second kappa shape index (κ2) is 5.79. The minimum atomic E-state index is -1.31. The van der Waals surface area contributed by atoms with Crippen LogP contribution in [-0.2, 0) is 12.6 Å². The Hall–Kier alpha value is -2.60. The number of hydrogen-bond donors (Lipinski definition) is 2. The summed E-state index contributed by atoms with van der Waals surface area (Å²) in [5, 5.41) is 18.6. The first-order valence-electron chi connectivity index (χ1n) is 7.79. The molecule has 1 aromatic carbocycles. The number of furan rings is 1. The number of benzene rings is 1. The summed E-state index contributed by atoms with van der Waals surface area (Å²) in [7, 11) is 1.80. The first kappa shape index (κ1) is 16.3. The Morgan fingerprint density at radius 1 is 1.38 bits per heavy atom. The molecule has 0 fully saturated rings. The average molecular weight is 327 g/mol. The fourth-order valence-electron chi connectivity index (χ4n) is 2.78. The van der Waals surface area contributed by atoms with Crippen LogP contribution >= 0.6 is 0 Å². The molecule has 0 saturated carbocycles. The van der Waals surface area contributed by atoms with E-state index in [9.17, 15) is 9.90 Å². The van der Waals surface area contributed by atoms with Gasteiger partial charge in [-0.05, 0) is 32.9 Å². The van der Waals surface area contributed by atoms with Gasteiger partial charge in [-0.3, -0.25) is 9.48 Å². The predicted octanol–water partition coefficient (Wildman–Crippen LogP) is 2.42. The molecule has 0 spiro atoms. The van der Waals surface area contributed by atoms with Crippen molar-refractivity contribution >= 4 is 16.9 Å². The van der Waals surface area contributed by atoms with Crippen LogP contribution in [0.25, 0.3) is 11.0 Å². The van der Waals surface area contributed by atoms with Crippen LogP contribution in [0.15, 0.2) is 34.7 Å². The first-order chi connectivity index (χ1) is 11.3. The highest BCUT2D eigenvalue weighted by atomic mass is 16.4. The van der Waals surface area contributed by atoms with Gasteiger partial charge in [0.2, 0.25) is 0 Å². The Morgan fingerprint density at radius 2 is 2.08 bits per heavy atom. The van der Waals surface area contributed by atoms with Crippen LogP contribution in [0.1, 0.15) is 34.4 Å². The Kier molecular flexibility index (Phi) is 3.93. The highest BCUT2D eigenvalue weighted by Crippen LogP contribution is 2.27. The van der Waals surface area contributed by atoms with E-state index in [0.717, 1.165) is 11.1 Å². The van der Waals surface area contributed by atoms with Crippen LogP contribution in [0.3, 0.4) is 0 Å². The number of fused-ring (bicyclic) bond motifs is 1. The minimum Gasteiger partial charge on any atom is -0.458 e. The van der Waals surface area contributed by atoms with Gasteiger partial charge in [0.25, 0.3) is 5.91 Å². The van der Waals surface area contributed by atoms with Crippen LogP contribution in [0.2, 0.25) is 0 Å². The molecule has 0 unspecified atom stereocenters. The quantitative estimate of drug-likeness (QED) is 0.771. The zero-order chi connectivity index (χ0) is 17.5. The first-order valence-corrected chi connectivity index (χ1v) is 7.79. The van der Waals surface area contributed by atoms with Gasteiger partial charge in [0.1, 0.15) is 16.9 Å². The third-order valence-electron chi connectivity index (χ3n) is 4.29. The number of carbonyl (C=O) groups is 1. The second-order valence-corrected chi connectivity index (χ2v) is 6.27. The van der Waals surface area contributed by atoms with E-state index in [4.69, 9.17) is 4.42 Å². The summed E-state index contributed by atoms with van der Waals surface area (Å²) < 4.78 is 7.37. The molecule has 0 saturated heterocycles. The second-order valence-electron chi connectivity index (χ2n) is 6.27. The highest BCUT2D eigenvalue weighted by Gasteiger charge is 2.29. The van der Waals surface area contributed by atoms with Gasteiger partial charge in [0.15, 0.2) is 0 Å². The number of amides is 1. The van der Waals surface area contributed by atoms with Gasteiger partial charge >= 0.3 is 0 Å². The number of aliphatic hydroxyl groups is 1. The minimum absolute atomic E-state index is 0.0411. The Bertz CT molecular complexity index is 873. The molecule has 2 heterocycles. The van der Waals surface area contributed by atoms with Crippen molar-refractivity contribution in [1.29, 1.82) is 0 Å². The highest BCUT2D eigenvalue weighted by molar-refractivity contribution is 5.96. The van der Waals surface area contributed by atoms with Crippen LogP contribution in [0, 0.1) is 13.8 Å². The molecule has 6 heteroatoms. The number of rotatable bonds is 4. The monoisotopic (exact) mass is 327 g/mol. The molecule has 0 aliphatic rings. The zero-order valence-corrected chi connectivity index (χ0v) is 14.3. The Morgan fingerprint density at radius 3 is 2.71 bits per heavy atom. The van der Waals surface area contributed by atoms with E-state index in [2.05, 4.69) is 10.4 Å². The molecule has 0 radical (unpaired) electrons. The van der Waals surface area contributed by atoms with Gasteiger partial charge in [-0.1, -0.05) is 18.2 Å². The standard InChI is InChI=1S/C18H21N3O3/c1-11-16(12(2)21(4)20-11)17(22)19-10-18(3,23)15-9-13-7-5-6-8-14(13)24-15/h5-9,23H,10H2,1-4H3,(H,19,22)/t18-/m1/s1. The molecule has 3 aromatic rings. The molecule has 1 atom stereocenters. The lowest BCUT2D eigenvalue weighted by Gasteiger charge is -2.21. The maximum Gasteiger partial charge on any atom is 0.255 e. The van der Waals surface area contributed by atoms with E-state index in [0.29, 0.717) is 22.6 Å². The molecule has 1 amide bonds. The summed E-state index contributed by atoms with van der Waals surface area (Å²) in [5.41, 5.74) is 1.39. The maximum atomic E-state index is 12.4. The van der Waals surface area contributed by atoms with Gasteiger partial charge in [0, 0.05) is 18.1 Å². The number of nitrogens with zero attached hydrogens (tertiary/aromatic N) is 2. The topological polar surface area (TPSA) is 80.3 Å². The smallest absolute Gasteiger partial charge is 0.255 e. The van der Waals surface area contributed by atoms with Crippen molar-refractivity contribution in [2.45, 2.75) is 26.4 Å². The fourth-order valence-corrected chi connectivity index (χ4v) is 2.78. The van der Waals surface area contributed by atoms with Crippen LogP contribution < -0.4 is 5.32 Å². The number of carbonyl (C=O) groups excluding carboxylic acids is 1. The van der Waals surface area contributed by atoms with Crippen molar-refractivity contribution in [3.05, 3.63) is 53.0 Å². The SMILES string of the molecule is Cc1nn(C)c(C)c1C(=O)NC[C@@](C)(O)c1cc2ccccc2o1. The number of aryl methyl sites for hydroxylation is 2. The predicted molar refractivity (Wildman–Crippen MR) is 90.8 cm³/mol. The zero-order valence-electron chi connectivity index (χ0n) is 14.3. The van der Waals surface area contributed by atoms with Crippen molar-refractivity contribution in [1.82, 2.24) is 15.1 Å². The van der Waals surface area contributed by atoms with Crippen molar-refractivity contribution < 1.29 is 14.3 Å². The van der Waals surface area contributed by atoms with E-state index in [1.165, 1.54) is 0 Å². The van der Waals surface area contributed by atoms with Gasteiger partial charge in [0.05, 0.1) is 17.8 Å². The van der Waals surface area contributed by atoms with Gasteiger partial charge in [-0.2, -0.15) is 5.10 Å². The molecule has 2 aromatic heterocycles. The lowest BCUT2D eigenvalue weighted by Crippen LogP contribution is -2.38. The van der Waals surface area contributed by atoms with E-state index >= 15 is 0 Å². The van der Waals surface area contributed by atoms with Crippen LogP contribution in [0.5, 0.6) is 0 Å². The van der Waals surface area contributed by atoms with E-state index in [-0.39, 0.29) is 12.5 Å². The number of hydrogen-bond acceptors (Lipinski definition) is 4. The third-order valence-corrected chi connectivity index (χ3v) is 4.29. The Labute approximate surface area is 140 Å². The van der Waals surface area contributed by atoms with Crippen molar-refractivity contribution in [2.75, 3.05) is 6.54 Å². The lowest BCUT2D eigenvalue weighted by atomic mass is 10.0. The third kappa shape index (κ3) is 2.80. The van der Waals surface area contributed by atoms with Crippen LogP contribution in [0.4, 0.5) is 0 Å². The van der Waals surface area contributed by atoms with Crippen molar-refractivity contribution in [3.8, 4) is 0 Å². The molecule has 0 aliphatic carbocycles. The lowest BCUT2D eigenvalue weighted by molar-refractivity contribution is 0.0344. The fraction of sp³-hybridized carbons (Fsp3) is 0.333. The number of para-hydroxylation sites is 1. The molecular formula is C18H21N3O3. The Balaban J connectivity index is 1.78. The number of aromatic nitrogens is 2. The largest absolute Gasteiger partial charge is 0.458 e. The van der Waals surface area contributed by atoms with Crippen molar-refractivity contribution in [3.63, 3.8) is 0 Å². The van der Waals surface area contributed by atoms with Gasteiger partial charge < -0.3 is 14.8 Å². The molecule has 126 valence electrons.